The molecule has 2 aliphatic heterocycles. The van der Waals surface area contributed by atoms with E-state index in [0.717, 1.165) is 42.8 Å². The number of aliphatic hydroxyl groups is 1. The van der Waals surface area contributed by atoms with E-state index >= 15 is 0 Å². The molecule has 8 heteroatoms. The third-order valence-electron chi connectivity index (χ3n) is 7.08. The molecule has 6 nitrogen and oxygen atoms in total. The van der Waals surface area contributed by atoms with Crippen molar-refractivity contribution in [2.75, 3.05) is 25.9 Å². The lowest BCUT2D eigenvalue weighted by Gasteiger charge is -2.38. The highest BCUT2D eigenvalue weighted by Crippen LogP contribution is 2.40. The number of ether oxygens (including phenoxy) is 1. The van der Waals surface area contributed by atoms with Gasteiger partial charge in [-0.25, -0.2) is 13.4 Å². The fourth-order valence-electron chi connectivity index (χ4n) is 5.07. The maximum absolute atomic E-state index is 12.5. The molecule has 0 bridgehead atoms. The number of pyridine rings is 1. The van der Waals surface area contributed by atoms with E-state index in [4.69, 9.17) is 16.3 Å². The number of piperidine rings is 1. The van der Waals surface area contributed by atoms with E-state index in [1.54, 1.807) is 24.4 Å². The van der Waals surface area contributed by atoms with Crippen LogP contribution >= 0.6 is 11.6 Å². The molecule has 0 aliphatic carbocycles. The summed E-state index contributed by atoms with van der Waals surface area (Å²) in [7, 11) is -3.41. The third kappa shape index (κ3) is 5.20. The summed E-state index contributed by atoms with van der Waals surface area (Å²) in [6.45, 7) is 2.44. The number of benzene rings is 2. The highest BCUT2D eigenvalue weighted by Gasteiger charge is 2.33. The molecule has 2 aliphatic rings. The van der Waals surface area contributed by atoms with Crippen molar-refractivity contribution in [2.24, 2.45) is 0 Å². The van der Waals surface area contributed by atoms with Crippen molar-refractivity contribution in [1.82, 2.24) is 9.88 Å². The van der Waals surface area contributed by atoms with Crippen LogP contribution < -0.4 is 4.74 Å². The summed E-state index contributed by atoms with van der Waals surface area (Å²) in [6, 6.07) is 16.4. The van der Waals surface area contributed by atoms with Crippen molar-refractivity contribution >= 4 is 27.0 Å². The van der Waals surface area contributed by atoms with Crippen molar-refractivity contribution in [2.45, 2.75) is 36.2 Å². The molecular weight excluding hydrogens is 496 g/mol. The van der Waals surface area contributed by atoms with Gasteiger partial charge in [-0.05, 0) is 66.8 Å². The van der Waals surface area contributed by atoms with Crippen molar-refractivity contribution < 1.29 is 18.3 Å². The van der Waals surface area contributed by atoms with Crippen LogP contribution in [0, 0.1) is 0 Å². The summed E-state index contributed by atoms with van der Waals surface area (Å²) in [6.07, 6.45) is 7.64. The van der Waals surface area contributed by atoms with Gasteiger partial charge < -0.3 is 14.7 Å². The number of hydrogen-bond donors (Lipinski definition) is 1. The standard InChI is InChI=1S/C28H29ClN2O4S/c1-36(33,34)26-8-2-7-25-24(26)19-20(23-6-3-15-30-27(23)35-25)5-4-16-31-17-13-28(32,14-18-31)21-9-11-22(29)12-10-21/h2-3,5-12,15,32H,4,13-14,16-19H2,1H3/b20-5-. The number of halogens is 1. The normalized spacial score (nSPS) is 18.7. The Morgan fingerprint density at radius 3 is 2.58 bits per heavy atom. The monoisotopic (exact) mass is 524 g/mol. The molecule has 0 amide bonds. The number of aromatic nitrogens is 1. The number of allylic oxidation sites excluding steroid dienone is 1. The van der Waals surface area contributed by atoms with E-state index in [1.165, 1.54) is 6.26 Å². The van der Waals surface area contributed by atoms with Gasteiger partial charge in [-0.2, -0.15) is 0 Å². The van der Waals surface area contributed by atoms with Crippen molar-refractivity contribution in [3.05, 3.63) is 88.6 Å². The lowest BCUT2D eigenvalue weighted by molar-refractivity contribution is -0.0254. The quantitative estimate of drug-likeness (QED) is 0.491. The van der Waals surface area contributed by atoms with Gasteiger partial charge in [0.25, 0.3) is 0 Å². The molecule has 2 aromatic carbocycles. The summed E-state index contributed by atoms with van der Waals surface area (Å²) in [5.74, 6) is 1.01. The molecule has 0 radical (unpaired) electrons. The zero-order chi connectivity index (χ0) is 25.3. The fourth-order valence-corrected chi connectivity index (χ4v) is 6.14. The van der Waals surface area contributed by atoms with Crippen molar-refractivity contribution in [1.29, 1.82) is 0 Å². The van der Waals surface area contributed by atoms with Gasteiger partial charge in [0.1, 0.15) is 5.75 Å². The first-order valence-electron chi connectivity index (χ1n) is 12.1. The number of sulfone groups is 1. The summed E-state index contributed by atoms with van der Waals surface area (Å²) >= 11 is 6.00. The molecule has 5 rings (SSSR count). The van der Waals surface area contributed by atoms with Crippen LogP contribution in [0.4, 0.5) is 0 Å². The molecule has 1 saturated heterocycles. The number of rotatable bonds is 5. The first-order chi connectivity index (χ1) is 17.2. The SMILES string of the molecule is CS(=O)(=O)c1cccc2c1C/C(=C/CCN1CCC(O)(c3ccc(Cl)cc3)CC1)c1cccnc1O2. The molecule has 3 heterocycles. The molecule has 0 unspecified atom stereocenters. The first-order valence-corrected chi connectivity index (χ1v) is 14.3. The molecule has 1 fully saturated rings. The van der Waals surface area contributed by atoms with Crippen LogP contribution in [0.1, 0.15) is 36.0 Å². The minimum atomic E-state index is -3.41. The Labute approximate surface area is 217 Å². The zero-order valence-corrected chi connectivity index (χ0v) is 21.7. The average molecular weight is 525 g/mol. The Hall–Kier alpha value is -2.71. The molecule has 3 aromatic rings. The third-order valence-corrected chi connectivity index (χ3v) is 8.51. The Balaban J connectivity index is 1.32. The molecule has 0 spiro atoms. The molecule has 0 saturated carbocycles. The van der Waals surface area contributed by atoms with Gasteiger partial charge >= 0.3 is 0 Å². The van der Waals surface area contributed by atoms with E-state index in [0.29, 0.717) is 41.5 Å². The Morgan fingerprint density at radius 2 is 1.86 bits per heavy atom. The lowest BCUT2D eigenvalue weighted by Crippen LogP contribution is -2.42. The zero-order valence-electron chi connectivity index (χ0n) is 20.2. The van der Waals surface area contributed by atoms with E-state index < -0.39 is 15.4 Å². The van der Waals surface area contributed by atoms with Gasteiger partial charge in [0.15, 0.2) is 9.84 Å². The minimum Gasteiger partial charge on any atom is -0.438 e. The maximum Gasteiger partial charge on any atom is 0.226 e. The summed E-state index contributed by atoms with van der Waals surface area (Å²) in [5, 5.41) is 11.8. The van der Waals surface area contributed by atoms with Crippen LogP contribution in [0.2, 0.25) is 5.02 Å². The second-order valence-corrected chi connectivity index (χ2v) is 12.0. The molecule has 0 atom stereocenters. The Bertz CT molecular complexity index is 1400. The smallest absolute Gasteiger partial charge is 0.226 e. The van der Waals surface area contributed by atoms with Crippen LogP contribution in [0.3, 0.4) is 0 Å². The van der Waals surface area contributed by atoms with Crippen LogP contribution in [0.15, 0.2) is 71.8 Å². The molecule has 188 valence electrons. The topological polar surface area (TPSA) is 79.7 Å². The first kappa shape index (κ1) is 25.0. The van der Waals surface area contributed by atoms with Crippen molar-refractivity contribution in [3.8, 4) is 11.6 Å². The highest BCUT2D eigenvalue weighted by atomic mass is 35.5. The lowest BCUT2D eigenvalue weighted by atomic mass is 9.84. The highest BCUT2D eigenvalue weighted by molar-refractivity contribution is 7.90. The predicted molar refractivity (Wildman–Crippen MR) is 141 cm³/mol. The maximum atomic E-state index is 12.5. The number of hydrogen-bond acceptors (Lipinski definition) is 6. The molecule has 1 N–H and O–H groups in total. The minimum absolute atomic E-state index is 0.288. The van der Waals surface area contributed by atoms with Gasteiger partial charge in [-0.15, -0.1) is 0 Å². The van der Waals surface area contributed by atoms with E-state index in [2.05, 4.69) is 16.0 Å². The van der Waals surface area contributed by atoms with E-state index in [1.807, 2.05) is 36.4 Å². The van der Waals surface area contributed by atoms with E-state index in [9.17, 15) is 13.5 Å². The Morgan fingerprint density at radius 1 is 1.11 bits per heavy atom. The number of likely N-dealkylation sites (tertiary alicyclic amines) is 1. The average Bonchev–Trinajstić information content (AvgIpc) is 3.01. The van der Waals surface area contributed by atoms with Gasteiger partial charge in [0.2, 0.25) is 5.88 Å². The van der Waals surface area contributed by atoms with Crippen LogP contribution in [0.25, 0.3) is 5.57 Å². The Kier molecular flexibility index (Phi) is 6.92. The molecule has 1 aromatic heterocycles. The largest absolute Gasteiger partial charge is 0.438 e. The predicted octanol–water partition coefficient (Wildman–Crippen LogP) is 5.24. The number of nitrogens with zero attached hydrogens (tertiary/aromatic N) is 2. The molecule has 36 heavy (non-hydrogen) atoms. The van der Waals surface area contributed by atoms with Crippen molar-refractivity contribution in [3.63, 3.8) is 0 Å². The van der Waals surface area contributed by atoms with Gasteiger partial charge in [-0.1, -0.05) is 35.9 Å². The van der Waals surface area contributed by atoms with Gasteiger partial charge in [0.05, 0.1) is 10.5 Å². The van der Waals surface area contributed by atoms with Gasteiger partial charge in [0, 0.05) is 54.7 Å². The number of fused-ring (bicyclic) bond motifs is 2. The summed E-state index contributed by atoms with van der Waals surface area (Å²) in [5.41, 5.74) is 2.63. The molecular formula is C28H29ClN2O4S. The van der Waals surface area contributed by atoms with Gasteiger partial charge in [-0.3, -0.25) is 0 Å². The van der Waals surface area contributed by atoms with E-state index in [-0.39, 0.29) is 4.90 Å². The van der Waals surface area contributed by atoms with Crippen LogP contribution in [-0.2, 0) is 21.9 Å². The fraction of sp³-hybridized carbons (Fsp3) is 0.321. The van der Waals surface area contributed by atoms with Crippen LogP contribution in [-0.4, -0.2) is 49.3 Å². The summed E-state index contributed by atoms with van der Waals surface area (Å²) in [4.78, 5) is 7.05. The van der Waals surface area contributed by atoms with Crippen LogP contribution in [0.5, 0.6) is 11.6 Å². The summed E-state index contributed by atoms with van der Waals surface area (Å²) < 4.78 is 31.0. The second kappa shape index (κ2) is 9.98. The second-order valence-electron chi connectivity index (χ2n) is 9.54.